The number of hydrogen-bond acceptors (Lipinski definition) is 6. The summed E-state index contributed by atoms with van der Waals surface area (Å²) in [4.78, 5) is 27.0. The van der Waals surface area contributed by atoms with Gasteiger partial charge in [-0.1, -0.05) is 17.7 Å². The molecule has 134 valence electrons. The van der Waals surface area contributed by atoms with Crippen LogP contribution in [0.1, 0.15) is 5.56 Å². The van der Waals surface area contributed by atoms with E-state index in [0.717, 1.165) is 5.56 Å². The van der Waals surface area contributed by atoms with Gasteiger partial charge in [-0.25, -0.2) is 4.98 Å². The predicted octanol–water partition coefficient (Wildman–Crippen LogP) is 2.05. The Labute approximate surface area is 148 Å². The quantitative estimate of drug-likeness (QED) is 0.536. The zero-order chi connectivity index (χ0) is 18.7. The van der Waals surface area contributed by atoms with Crippen LogP contribution in [0, 0.1) is 17.0 Å². The van der Waals surface area contributed by atoms with Crippen LogP contribution < -0.4 is 10.3 Å². The molecule has 0 fully saturated rings. The number of ether oxygens (including phenoxy) is 1. The Hall–Kier alpha value is -3.26. The van der Waals surface area contributed by atoms with Crippen LogP contribution in [0.4, 0.5) is 5.69 Å². The van der Waals surface area contributed by atoms with Crippen molar-refractivity contribution in [1.29, 1.82) is 0 Å². The van der Waals surface area contributed by atoms with Crippen molar-refractivity contribution < 1.29 is 14.8 Å². The molecule has 0 unspecified atom stereocenters. The van der Waals surface area contributed by atoms with Crippen molar-refractivity contribution in [2.75, 3.05) is 6.61 Å². The first-order chi connectivity index (χ1) is 12.4. The van der Waals surface area contributed by atoms with E-state index in [0.29, 0.717) is 10.9 Å². The number of aliphatic hydroxyl groups is 1. The van der Waals surface area contributed by atoms with Crippen LogP contribution in [-0.2, 0) is 6.54 Å². The van der Waals surface area contributed by atoms with E-state index in [9.17, 15) is 20.0 Å². The van der Waals surface area contributed by atoms with Crippen molar-refractivity contribution in [3.8, 4) is 5.75 Å². The zero-order valence-corrected chi connectivity index (χ0v) is 14.0. The molecule has 8 nitrogen and oxygen atoms in total. The fraction of sp³-hybridized carbons (Fsp3) is 0.222. The number of aryl methyl sites for hydroxylation is 1. The highest BCUT2D eigenvalue weighted by Gasteiger charge is 2.12. The average molecular weight is 355 g/mol. The standard InChI is InChI=1S/C18H17N3O5/c1-12-5-6-17-16(7-12)18(23)20(11-19-17)9-14(22)10-26-15-4-2-3-13(8-15)21(24)25/h2-8,11,14,22H,9-10H2,1H3/t14-/m1/s1. The molecule has 26 heavy (non-hydrogen) atoms. The Morgan fingerprint density at radius 1 is 1.31 bits per heavy atom. The van der Waals surface area contributed by atoms with Crippen LogP contribution in [0.3, 0.4) is 0 Å². The van der Waals surface area contributed by atoms with Crippen molar-refractivity contribution in [1.82, 2.24) is 9.55 Å². The van der Waals surface area contributed by atoms with Crippen LogP contribution in [0.25, 0.3) is 10.9 Å². The van der Waals surface area contributed by atoms with Gasteiger partial charge in [0.05, 0.1) is 34.8 Å². The second kappa shape index (κ2) is 7.32. The summed E-state index contributed by atoms with van der Waals surface area (Å²) in [7, 11) is 0. The zero-order valence-electron chi connectivity index (χ0n) is 14.0. The molecule has 3 rings (SSSR count). The third-order valence-electron chi connectivity index (χ3n) is 3.86. The molecule has 0 aliphatic rings. The van der Waals surface area contributed by atoms with Gasteiger partial charge in [-0.15, -0.1) is 0 Å². The molecule has 0 saturated carbocycles. The first kappa shape index (κ1) is 17.6. The Balaban J connectivity index is 1.70. The summed E-state index contributed by atoms with van der Waals surface area (Å²) >= 11 is 0. The lowest BCUT2D eigenvalue weighted by molar-refractivity contribution is -0.384. The molecule has 1 aromatic heterocycles. The predicted molar refractivity (Wildman–Crippen MR) is 95.3 cm³/mol. The molecule has 0 aliphatic carbocycles. The number of hydrogen-bond donors (Lipinski definition) is 1. The van der Waals surface area contributed by atoms with Crippen molar-refractivity contribution in [3.63, 3.8) is 0 Å². The highest BCUT2D eigenvalue weighted by Crippen LogP contribution is 2.19. The van der Waals surface area contributed by atoms with E-state index in [-0.39, 0.29) is 30.1 Å². The molecule has 0 aliphatic heterocycles. The van der Waals surface area contributed by atoms with Gasteiger partial charge in [-0.05, 0) is 25.1 Å². The molecule has 0 saturated heterocycles. The van der Waals surface area contributed by atoms with E-state index in [1.165, 1.54) is 29.1 Å². The van der Waals surface area contributed by atoms with Gasteiger partial charge in [0.25, 0.3) is 11.2 Å². The number of aromatic nitrogens is 2. The first-order valence-corrected chi connectivity index (χ1v) is 7.95. The van der Waals surface area contributed by atoms with Crippen molar-refractivity contribution in [3.05, 3.63) is 74.8 Å². The number of non-ortho nitro benzene ring substituents is 1. The number of aliphatic hydroxyl groups excluding tert-OH is 1. The summed E-state index contributed by atoms with van der Waals surface area (Å²) in [5.41, 5.74) is 1.21. The Bertz CT molecular complexity index is 1020. The van der Waals surface area contributed by atoms with Gasteiger partial charge in [0.1, 0.15) is 18.5 Å². The van der Waals surface area contributed by atoms with Gasteiger partial charge in [0.2, 0.25) is 0 Å². The highest BCUT2D eigenvalue weighted by atomic mass is 16.6. The van der Waals surface area contributed by atoms with Crippen LogP contribution in [0.15, 0.2) is 53.6 Å². The van der Waals surface area contributed by atoms with Crippen molar-refractivity contribution in [2.24, 2.45) is 0 Å². The first-order valence-electron chi connectivity index (χ1n) is 7.95. The Morgan fingerprint density at radius 3 is 2.88 bits per heavy atom. The summed E-state index contributed by atoms with van der Waals surface area (Å²) < 4.78 is 6.71. The number of nitro groups is 1. The van der Waals surface area contributed by atoms with Crippen LogP contribution in [-0.4, -0.2) is 32.3 Å². The Morgan fingerprint density at radius 2 is 2.12 bits per heavy atom. The lowest BCUT2D eigenvalue weighted by Crippen LogP contribution is -2.30. The fourth-order valence-corrected chi connectivity index (χ4v) is 2.56. The number of benzene rings is 2. The SMILES string of the molecule is Cc1ccc2ncn(C[C@@H](O)COc3cccc([N+](=O)[O-])c3)c(=O)c2c1. The number of nitrogens with zero attached hydrogens (tertiary/aromatic N) is 3. The van der Waals surface area contributed by atoms with E-state index in [1.54, 1.807) is 18.2 Å². The molecule has 0 bridgehead atoms. The summed E-state index contributed by atoms with van der Waals surface area (Å²) in [6.07, 6.45) is 0.410. The molecule has 1 N–H and O–H groups in total. The van der Waals surface area contributed by atoms with Crippen molar-refractivity contribution >= 4 is 16.6 Å². The maximum atomic E-state index is 12.5. The molecular formula is C18H17N3O5. The fourth-order valence-electron chi connectivity index (χ4n) is 2.56. The van der Waals surface area contributed by atoms with Crippen LogP contribution >= 0.6 is 0 Å². The van der Waals surface area contributed by atoms with Gasteiger partial charge in [-0.3, -0.25) is 19.5 Å². The lowest BCUT2D eigenvalue weighted by Gasteiger charge is -2.14. The number of rotatable bonds is 6. The second-order valence-corrected chi connectivity index (χ2v) is 5.94. The summed E-state index contributed by atoms with van der Waals surface area (Å²) in [6, 6.07) is 11.1. The van der Waals surface area contributed by atoms with Crippen molar-refractivity contribution in [2.45, 2.75) is 19.6 Å². The summed E-state index contributed by atoms with van der Waals surface area (Å²) in [6.45, 7) is 1.78. The molecule has 1 atom stereocenters. The summed E-state index contributed by atoms with van der Waals surface area (Å²) in [5.74, 6) is 0.276. The smallest absolute Gasteiger partial charge is 0.273 e. The van der Waals surface area contributed by atoms with Gasteiger partial charge >= 0.3 is 0 Å². The molecule has 0 amide bonds. The van der Waals surface area contributed by atoms with Crippen LogP contribution in [0.5, 0.6) is 5.75 Å². The van der Waals surface area contributed by atoms with Gasteiger partial charge < -0.3 is 9.84 Å². The third kappa shape index (κ3) is 3.86. The molecule has 0 spiro atoms. The topological polar surface area (TPSA) is 107 Å². The maximum absolute atomic E-state index is 12.5. The average Bonchev–Trinajstić information content (AvgIpc) is 2.63. The lowest BCUT2D eigenvalue weighted by atomic mass is 10.2. The maximum Gasteiger partial charge on any atom is 0.273 e. The van der Waals surface area contributed by atoms with E-state index >= 15 is 0 Å². The van der Waals surface area contributed by atoms with E-state index in [1.807, 2.05) is 13.0 Å². The number of nitro benzene ring substituents is 1. The Kier molecular flexibility index (Phi) is 4.94. The minimum atomic E-state index is -0.976. The molecule has 1 heterocycles. The minimum absolute atomic E-state index is 0.00461. The monoisotopic (exact) mass is 355 g/mol. The normalized spacial score (nSPS) is 12.1. The number of fused-ring (bicyclic) bond motifs is 1. The van der Waals surface area contributed by atoms with Crippen LogP contribution in [0.2, 0.25) is 0 Å². The molecule has 8 heteroatoms. The largest absolute Gasteiger partial charge is 0.491 e. The minimum Gasteiger partial charge on any atom is -0.491 e. The second-order valence-electron chi connectivity index (χ2n) is 5.94. The highest BCUT2D eigenvalue weighted by molar-refractivity contribution is 5.77. The molecule has 3 aromatic rings. The van der Waals surface area contributed by atoms with Gasteiger partial charge in [-0.2, -0.15) is 0 Å². The van der Waals surface area contributed by atoms with Gasteiger partial charge in [0, 0.05) is 6.07 Å². The van der Waals surface area contributed by atoms with E-state index in [2.05, 4.69) is 4.98 Å². The molecule has 0 radical (unpaired) electrons. The van der Waals surface area contributed by atoms with E-state index < -0.39 is 11.0 Å². The third-order valence-corrected chi connectivity index (χ3v) is 3.86. The molecular weight excluding hydrogens is 338 g/mol. The molecule has 2 aromatic carbocycles. The van der Waals surface area contributed by atoms with E-state index in [4.69, 9.17) is 4.74 Å². The van der Waals surface area contributed by atoms with Gasteiger partial charge in [0.15, 0.2) is 0 Å². The summed E-state index contributed by atoms with van der Waals surface area (Å²) in [5, 5.41) is 21.4.